The molecule has 1 heterocycles. The molecule has 0 aliphatic carbocycles. The zero-order chi connectivity index (χ0) is 23.4. The molecule has 0 bridgehead atoms. The van der Waals surface area contributed by atoms with E-state index >= 15 is 0 Å². The fourth-order valence-electron chi connectivity index (χ4n) is 2.95. The molecule has 0 aliphatic heterocycles. The van der Waals surface area contributed by atoms with Crippen molar-refractivity contribution >= 4 is 35.1 Å². The second-order valence-electron chi connectivity index (χ2n) is 6.91. The number of para-hydroxylation sites is 1. The molecule has 1 aromatic heterocycles. The van der Waals surface area contributed by atoms with E-state index in [4.69, 9.17) is 27.9 Å². The van der Waals surface area contributed by atoms with Crippen LogP contribution < -0.4 is 15.3 Å². The fourth-order valence-corrected chi connectivity index (χ4v) is 3.37. The molecule has 0 saturated carbocycles. The van der Waals surface area contributed by atoms with E-state index in [1.165, 1.54) is 23.3 Å². The highest BCUT2D eigenvalue weighted by Crippen LogP contribution is 2.24. The average molecular weight is 483 g/mol. The van der Waals surface area contributed by atoms with Gasteiger partial charge in [0.2, 0.25) is 0 Å². The molecule has 0 atom stereocenters. The monoisotopic (exact) mass is 482 g/mol. The van der Waals surface area contributed by atoms with Crippen LogP contribution in [-0.4, -0.2) is 23.0 Å². The Balaban J connectivity index is 1.54. The molecule has 0 fully saturated rings. The molecule has 6 nitrogen and oxygen atoms in total. The van der Waals surface area contributed by atoms with Crippen LogP contribution in [0.2, 0.25) is 10.0 Å². The van der Waals surface area contributed by atoms with Gasteiger partial charge in [-0.2, -0.15) is 14.9 Å². The second kappa shape index (κ2) is 9.85. The normalized spacial score (nSPS) is 11.0. The van der Waals surface area contributed by atoms with Crippen molar-refractivity contribution in [1.29, 1.82) is 0 Å². The van der Waals surface area contributed by atoms with Crippen LogP contribution in [0.15, 0.2) is 88.9 Å². The quantitative estimate of drug-likeness (QED) is 0.252. The summed E-state index contributed by atoms with van der Waals surface area (Å²) >= 11 is 12.1. The molecule has 0 saturated heterocycles. The number of rotatable bonds is 6. The number of halogens is 3. The highest BCUT2D eigenvalue weighted by molar-refractivity contribution is 6.33. The first-order chi connectivity index (χ1) is 15.9. The standard InChI is InChI=1S/C24H17Cl2FN4O2/c1-30(28-14-16-6-5-9-19(12-16)33-18-7-3-2-4-8-18)22-15-29-31(24(32)23(22)26)17-10-11-21(27)20(25)13-17/h2-15H,1H3/b28-14-. The van der Waals surface area contributed by atoms with Crippen LogP contribution in [0.1, 0.15) is 5.56 Å². The smallest absolute Gasteiger partial charge is 0.292 e. The van der Waals surface area contributed by atoms with Crippen molar-refractivity contribution in [2.45, 2.75) is 0 Å². The first kappa shape index (κ1) is 22.5. The lowest BCUT2D eigenvalue weighted by Gasteiger charge is -2.15. The van der Waals surface area contributed by atoms with Crippen molar-refractivity contribution < 1.29 is 9.13 Å². The van der Waals surface area contributed by atoms with Crippen LogP contribution in [-0.2, 0) is 0 Å². The van der Waals surface area contributed by atoms with Gasteiger partial charge in [-0.15, -0.1) is 0 Å². The maximum atomic E-state index is 13.4. The van der Waals surface area contributed by atoms with Gasteiger partial charge in [0.25, 0.3) is 5.56 Å². The summed E-state index contributed by atoms with van der Waals surface area (Å²) in [6, 6.07) is 20.7. The number of ether oxygens (including phenoxy) is 1. The minimum absolute atomic E-state index is 0.0914. The van der Waals surface area contributed by atoms with E-state index in [1.54, 1.807) is 13.3 Å². The van der Waals surface area contributed by atoms with Gasteiger partial charge in [0.15, 0.2) is 0 Å². The third-order valence-electron chi connectivity index (χ3n) is 4.61. The number of hydrazone groups is 1. The number of anilines is 1. The van der Waals surface area contributed by atoms with E-state index in [0.717, 1.165) is 22.1 Å². The summed E-state index contributed by atoms with van der Waals surface area (Å²) in [7, 11) is 1.64. The van der Waals surface area contributed by atoms with Crippen LogP contribution in [0.4, 0.5) is 10.1 Å². The predicted octanol–water partition coefficient (Wildman–Crippen LogP) is 5.94. The lowest BCUT2D eigenvalue weighted by Crippen LogP contribution is -2.24. The Morgan fingerprint density at radius 3 is 2.55 bits per heavy atom. The van der Waals surface area contributed by atoms with Gasteiger partial charge in [0.1, 0.15) is 28.0 Å². The molecule has 3 aromatic carbocycles. The van der Waals surface area contributed by atoms with Crippen LogP contribution in [0, 0.1) is 5.82 Å². The Labute approximate surface area is 199 Å². The van der Waals surface area contributed by atoms with Gasteiger partial charge in [-0.1, -0.05) is 53.5 Å². The molecule has 166 valence electrons. The van der Waals surface area contributed by atoms with Crippen LogP contribution in [0.3, 0.4) is 0 Å². The van der Waals surface area contributed by atoms with Crippen molar-refractivity contribution in [2.75, 3.05) is 12.1 Å². The first-order valence-corrected chi connectivity index (χ1v) is 10.5. The summed E-state index contributed by atoms with van der Waals surface area (Å²) in [5, 5.41) is 9.69. The summed E-state index contributed by atoms with van der Waals surface area (Å²) < 4.78 is 20.3. The molecule has 4 rings (SSSR count). The Morgan fingerprint density at radius 2 is 1.79 bits per heavy atom. The minimum atomic E-state index is -0.594. The Morgan fingerprint density at radius 1 is 1.03 bits per heavy atom. The van der Waals surface area contributed by atoms with Gasteiger partial charge < -0.3 is 4.74 Å². The lowest BCUT2D eigenvalue weighted by atomic mass is 10.2. The van der Waals surface area contributed by atoms with Gasteiger partial charge in [-0.3, -0.25) is 9.80 Å². The predicted molar refractivity (Wildman–Crippen MR) is 129 cm³/mol. The van der Waals surface area contributed by atoms with E-state index in [-0.39, 0.29) is 10.0 Å². The number of aromatic nitrogens is 2. The molecule has 33 heavy (non-hydrogen) atoms. The van der Waals surface area contributed by atoms with Crippen molar-refractivity contribution in [2.24, 2.45) is 5.10 Å². The fraction of sp³-hybridized carbons (Fsp3) is 0.0417. The van der Waals surface area contributed by atoms with Gasteiger partial charge in [0, 0.05) is 7.05 Å². The largest absolute Gasteiger partial charge is 0.457 e. The van der Waals surface area contributed by atoms with E-state index in [1.807, 2.05) is 54.6 Å². The lowest BCUT2D eigenvalue weighted by molar-refractivity contribution is 0.482. The zero-order valence-corrected chi connectivity index (χ0v) is 18.8. The van der Waals surface area contributed by atoms with Crippen LogP contribution >= 0.6 is 23.2 Å². The molecule has 0 unspecified atom stereocenters. The van der Waals surface area contributed by atoms with Gasteiger partial charge in [-0.05, 0) is 48.0 Å². The molecule has 0 N–H and O–H groups in total. The number of hydrogen-bond donors (Lipinski definition) is 0. The zero-order valence-electron chi connectivity index (χ0n) is 17.3. The maximum absolute atomic E-state index is 13.4. The number of nitrogens with zero attached hydrogens (tertiary/aromatic N) is 4. The van der Waals surface area contributed by atoms with Gasteiger partial charge >= 0.3 is 0 Å². The molecular weight excluding hydrogens is 466 g/mol. The Kier molecular flexibility index (Phi) is 6.72. The van der Waals surface area contributed by atoms with Crippen molar-refractivity contribution in [3.8, 4) is 17.2 Å². The molecule has 0 spiro atoms. The molecular formula is C24H17Cl2FN4O2. The third kappa shape index (κ3) is 5.22. The molecule has 0 amide bonds. The van der Waals surface area contributed by atoms with E-state index in [9.17, 15) is 9.18 Å². The summed E-state index contributed by atoms with van der Waals surface area (Å²) in [5.41, 5.74) is 0.797. The Bertz CT molecular complexity index is 1380. The van der Waals surface area contributed by atoms with E-state index < -0.39 is 11.4 Å². The summed E-state index contributed by atoms with van der Waals surface area (Å²) in [4.78, 5) is 12.7. The van der Waals surface area contributed by atoms with Crippen LogP contribution in [0.5, 0.6) is 11.5 Å². The Hall–Kier alpha value is -3.68. The summed E-state index contributed by atoms with van der Waals surface area (Å²) in [6.45, 7) is 0. The summed E-state index contributed by atoms with van der Waals surface area (Å²) in [5.74, 6) is 0.793. The van der Waals surface area contributed by atoms with Gasteiger partial charge in [-0.25, -0.2) is 4.39 Å². The third-order valence-corrected chi connectivity index (χ3v) is 5.26. The molecule has 9 heteroatoms. The van der Waals surface area contributed by atoms with Crippen molar-refractivity contribution in [1.82, 2.24) is 9.78 Å². The number of hydrogen-bond acceptors (Lipinski definition) is 5. The van der Waals surface area contributed by atoms with E-state index in [2.05, 4.69) is 10.2 Å². The highest BCUT2D eigenvalue weighted by Gasteiger charge is 2.14. The van der Waals surface area contributed by atoms with Gasteiger partial charge in [0.05, 0.1) is 23.1 Å². The van der Waals surface area contributed by atoms with Crippen LogP contribution in [0.25, 0.3) is 5.69 Å². The average Bonchev–Trinajstić information content (AvgIpc) is 2.82. The topological polar surface area (TPSA) is 59.7 Å². The minimum Gasteiger partial charge on any atom is -0.457 e. The van der Waals surface area contributed by atoms with Crippen molar-refractivity contribution in [3.05, 3.63) is 111 Å². The second-order valence-corrected chi connectivity index (χ2v) is 7.70. The molecule has 0 radical (unpaired) electrons. The number of benzene rings is 3. The SMILES string of the molecule is CN(/N=C\c1cccc(Oc2ccccc2)c1)c1cnn(-c2ccc(F)c(Cl)c2)c(=O)c1Cl. The van der Waals surface area contributed by atoms with E-state index in [0.29, 0.717) is 17.1 Å². The summed E-state index contributed by atoms with van der Waals surface area (Å²) in [6.07, 6.45) is 3.01. The maximum Gasteiger partial charge on any atom is 0.292 e. The highest BCUT2D eigenvalue weighted by atomic mass is 35.5. The van der Waals surface area contributed by atoms with Crippen molar-refractivity contribution in [3.63, 3.8) is 0 Å². The molecule has 4 aromatic rings. The molecule has 0 aliphatic rings. The first-order valence-electron chi connectivity index (χ1n) is 9.76.